The molecule has 1 saturated carbocycles. The molecule has 1 aliphatic carbocycles. The summed E-state index contributed by atoms with van der Waals surface area (Å²) in [5.74, 6) is 3.32. The minimum atomic E-state index is 0.383. The van der Waals surface area contributed by atoms with Crippen molar-refractivity contribution < 1.29 is 14.2 Å². The standard InChI is InChI=1S/C19H22O3/c1-14-7-8-18(13-19(14)20-2)22-17-11-9-16(10-12-17)21-15-5-3-4-6-15/h7-13,15H,3-6H2,1-2H3. The third-order valence-electron chi connectivity index (χ3n) is 4.04. The van der Waals surface area contributed by atoms with Crippen LogP contribution in [0.3, 0.4) is 0 Å². The van der Waals surface area contributed by atoms with E-state index in [1.165, 1.54) is 25.7 Å². The Kier molecular flexibility index (Phi) is 4.52. The van der Waals surface area contributed by atoms with E-state index in [1.54, 1.807) is 7.11 Å². The maximum Gasteiger partial charge on any atom is 0.131 e. The Morgan fingerprint density at radius 1 is 0.864 bits per heavy atom. The van der Waals surface area contributed by atoms with Gasteiger partial charge in [-0.25, -0.2) is 0 Å². The minimum absolute atomic E-state index is 0.383. The van der Waals surface area contributed by atoms with E-state index in [-0.39, 0.29) is 0 Å². The lowest BCUT2D eigenvalue weighted by atomic mass is 10.2. The van der Waals surface area contributed by atoms with E-state index >= 15 is 0 Å². The van der Waals surface area contributed by atoms with Gasteiger partial charge in [0.2, 0.25) is 0 Å². The maximum absolute atomic E-state index is 5.96. The first-order valence-corrected chi connectivity index (χ1v) is 7.84. The van der Waals surface area contributed by atoms with Gasteiger partial charge in [-0.2, -0.15) is 0 Å². The molecule has 3 nitrogen and oxygen atoms in total. The summed E-state index contributed by atoms with van der Waals surface area (Å²) in [5.41, 5.74) is 1.09. The average Bonchev–Trinajstić information content (AvgIpc) is 3.04. The summed E-state index contributed by atoms with van der Waals surface area (Å²) in [6.45, 7) is 2.01. The predicted molar refractivity (Wildman–Crippen MR) is 87.1 cm³/mol. The first kappa shape index (κ1) is 14.8. The molecular formula is C19H22O3. The largest absolute Gasteiger partial charge is 0.496 e. The van der Waals surface area contributed by atoms with Gasteiger partial charge in [0.15, 0.2) is 0 Å². The lowest BCUT2D eigenvalue weighted by Gasteiger charge is -2.14. The molecule has 1 fully saturated rings. The number of hydrogen-bond acceptors (Lipinski definition) is 3. The quantitative estimate of drug-likeness (QED) is 0.767. The molecule has 0 unspecified atom stereocenters. The molecule has 0 saturated heterocycles. The van der Waals surface area contributed by atoms with Crippen LogP contribution in [-0.4, -0.2) is 13.2 Å². The Balaban J connectivity index is 1.65. The molecule has 0 aliphatic heterocycles. The first-order valence-electron chi connectivity index (χ1n) is 7.84. The molecule has 3 rings (SSSR count). The van der Waals surface area contributed by atoms with E-state index in [0.717, 1.165) is 28.6 Å². The molecule has 1 aliphatic rings. The highest BCUT2D eigenvalue weighted by molar-refractivity contribution is 5.42. The highest BCUT2D eigenvalue weighted by Crippen LogP contribution is 2.30. The smallest absolute Gasteiger partial charge is 0.131 e. The van der Waals surface area contributed by atoms with Gasteiger partial charge in [0.25, 0.3) is 0 Å². The normalized spacial score (nSPS) is 14.8. The van der Waals surface area contributed by atoms with Crippen molar-refractivity contribution in [3.8, 4) is 23.0 Å². The molecule has 0 bridgehead atoms. The molecule has 0 atom stereocenters. The van der Waals surface area contributed by atoms with E-state index < -0.39 is 0 Å². The van der Waals surface area contributed by atoms with Gasteiger partial charge in [-0.15, -0.1) is 0 Å². The monoisotopic (exact) mass is 298 g/mol. The molecular weight excluding hydrogens is 276 g/mol. The number of rotatable bonds is 5. The highest BCUT2D eigenvalue weighted by Gasteiger charge is 2.16. The Hall–Kier alpha value is -2.16. The van der Waals surface area contributed by atoms with Gasteiger partial charge in [-0.05, 0) is 68.5 Å². The first-order chi connectivity index (χ1) is 10.7. The number of ether oxygens (including phenoxy) is 3. The zero-order valence-corrected chi connectivity index (χ0v) is 13.2. The van der Waals surface area contributed by atoms with E-state index in [9.17, 15) is 0 Å². The fraction of sp³-hybridized carbons (Fsp3) is 0.368. The average molecular weight is 298 g/mol. The van der Waals surface area contributed by atoms with Crippen molar-refractivity contribution in [2.45, 2.75) is 38.7 Å². The van der Waals surface area contributed by atoms with Crippen molar-refractivity contribution in [2.75, 3.05) is 7.11 Å². The molecule has 3 heteroatoms. The van der Waals surface area contributed by atoms with Crippen LogP contribution in [0.15, 0.2) is 42.5 Å². The molecule has 2 aromatic carbocycles. The summed E-state index contributed by atoms with van der Waals surface area (Å²) < 4.78 is 17.1. The zero-order valence-electron chi connectivity index (χ0n) is 13.2. The lowest BCUT2D eigenvalue weighted by Crippen LogP contribution is -2.10. The summed E-state index contributed by atoms with van der Waals surface area (Å²) in [5, 5.41) is 0. The van der Waals surface area contributed by atoms with Gasteiger partial charge in [-0.3, -0.25) is 0 Å². The van der Waals surface area contributed by atoms with Crippen LogP contribution in [0.5, 0.6) is 23.0 Å². The van der Waals surface area contributed by atoms with Gasteiger partial charge >= 0.3 is 0 Å². The second kappa shape index (κ2) is 6.73. The molecule has 22 heavy (non-hydrogen) atoms. The predicted octanol–water partition coefficient (Wildman–Crippen LogP) is 5.12. The van der Waals surface area contributed by atoms with Crippen LogP contribution in [0.4, 0.5) is 0 Å². The molecule has 2 aromatic rings. The van der Waals surface area contributed by atoms with E-state index in [2.05, 4.69) is 0 Å². The lowest BCUT2D eigenvalue weighted by molar-refractivity contribution is 0.210. The fourth-order valence-electron chi connectivity index (χ4n) is 2.78. The Bertz CT molecular complexity index is 613. The Morgan fingerprint density at radius 2 is 1.50 bits per heavy atom. The number of aryl methyl sites for hydroxylation is 1. The third-order valence-corrected chi connectivity index (χ3v) is 4.04. The minimum Gasteiger partial charge on any atom is -0.496 e. The van der Waals surface area contributed by atoms with Gasteiger partial charge in [0.05, 0.1) is 13.2 Å². The van der Waals surface area contributed by atoms with Crippen molar-refractivity contribution >= 4 is 0 Å². The van der Waals surface area contributed by atoms with Gasteiger partial charge < -0.3 is 14.2 Å². The van der Waals surface area contributed by atoms with Crippen molar-refractivity contribution in [3.05, 3.63) is 48.0 Å². The topological polar surface area (TPSA) is 27.7 Å². The molecule has 0 heterocycles. The summed E-state index contributed by atoms with van der Waals surface area (Å²) in [4.78, 5) is 0. The third kappa shape index (κ3) is 3.53. The molecule has 0 aromatic heterocycles. The van der Waals surface area contributed by atoms with E-state index in [0.29, 0.717) is 6.10 Å². The summed E-state index contributed by atoms with van der Waals surface area (Å²) in [6, 6.07) is 13.7. The second-order valence-corrected chi connectivity index (χ2v) is 5.73. The van der Waals surface area contributed by atoms with Crippen LogP contribution in [0.1, 0.15) is 31.2 Å². The maximum atomic E-state index is 5.96. The van der Waals surface area contributed by atoms with Gasteiger partial charge in [0.1, 0.15) is 23.0 Å². The van der Waals surface area contributed by atoms with Crippen molar-refractivity contribution in [2.24, 2.45) is 0 Å². The summed E-state index contributed by atoms with van der Waals surface area (Å²) >= 11 is 0. The van der Waals surface area contributed by atoms with Crippen LogP contribution in [-0.2, 0) is 0 Å². The number of benzene rings is 2. The second-order valence-electron chi connectivity index (χ2n) is 5.73. The molecule has 0 amide bonds. The van der Waals surface area contributed by atoms with E-state index in [4.69, 9.17) is 14.2 Å². The fourth-order valence-corrected chi connectivity index (χ4v) is 2.78. The molecule has 0 spiro atoms. The SMILES string of the molecule is COc1cc(Oc2ccc(OC3CCCC3)cc2)ccc1C. The summed E-state index contributed by atoms with van der Waals surface area (Å²) in [7, 11) is 1.67. The highest BCUT2D eigenvalue weighted by atomic mass is 16.5. The van der Waals surface area contributed by atoms with Gasteiger partial charge in [0, 0.05) is 6.07 Å². The van der Waals surface area contributed by atoms with Crippen LogP contribution < -0.4 is 14.2 Å². The Morgan fingerprint density at radius 3 is 2.18 bits per heavy atom. The summed E-state index contributed by atoms with van der Waals surface area (Å²) in [6.07, 6.45) is 5.28. The van der Waals surface area contributed by atoms with E-state index in [1.807, 2.05) is 49.4 Å². The van der Waals surface area contributed by atoms with Gasteiger partial charge in [-0.1, -0.05) is 6.07 Å². The van der Waals surface area contributed by atoms with Crippen molar-refractivity contribution in [1.29, 1.82) is 0 Å². The van der Waals surface area contributed by atoms with Crippen molar-refractivity contribution in [3.63, 3.8) is 0 Å². The zero-order chi connectivity index (χ0) is 15.4. The van der Waals surface area contributed by atoms with Crippen LogP contribution in [0.2, 0.25) is 0 Å². The van der Waals surface area contributed by atoms with Crippen LogP contribution >= 0.6 is 0 Å². The number of methoxy groups -OCH3 is 1. The molecule has 0 N–H and O–H groups in total. The van der Waals surface area contributed by atoms with Crippen LogP contribution in [0.25, 0.3) is 0 Å². The Labute approximate surface area is 131 Å². The van der Waals surface area contributed by atoms with Crippen LogP contribution in [0, 0.1) is 6.92 Å². The molecule has 116 valence electrons. The number of hydrogen-bond donors (Lipinski definition) is 0. The molecule has 0 radical (unpaired) electrons. The van der Waals surface area contributed by atoms with Crippen molar-refractivity contribution in [1.82, 2.24) is 0 Å².